The van der Waals surface area contributed by atoms with Gasteiger partial charge in [-0.1, -0.05) is 18.4 Å². The van der Waals surface area contributed by atoms with Crippen LogP contribution in [0.1, 0.15) is 30.1 Å². The number of rotatable bonds is 7. The van der Waals surface area contributed by atoms with Crippen LogP contribution in [0.15, 0.2) is 45.5 Å². The Balaban J connectivity index is 1.60. The smallest absolute Gasteiger partial charge is 0.322 e. The van der Waals surface area contributed by atoms with E-state index in [2.05, 4.69) is 22.4 Å². The zero-order valence-corrected chi connectivity index (χ0v) is 14.0. The highest BCUT2D eigenvalue weighted by molar-refractivity contribution is 7.08. The van der Waals surface area contributed by atoms with Crippen molar-refractivity contribution in [2.45, 2.75) is 19.8 Å². The molecule has 124 valence electrons. The monoisotopic (exact) mass is 343 g/mol. The van der Waals surface area contributed by atoms with Gasteiger partial charge >= 0.3 is 6.01 Å². The van der Waals surface area contributed by atoms with Crippen molar-refractivity contribution in [1.82, 2.24) is 10.2 Å². The molecule has 6 nitrogen and oxygen atoms in total. The number of ether oxygens (including phenoxy) is 1. The number of carbonyl (C=O) groups excluding carboxylic acids is 1. The minimum Gasteiger partial charge on any atom is -0.494 e. The van der Waals surface area contributed by atoms with Crippen LogP contribution >= 0.6 is 11.3 Å². The Morgan fingerprint density at radius 3 is 2.79 bits per heavy atom. The lowest BCUT2D eigenvalue weighted by molar-refractivity contribution is 0.102. The Morgan fingerprint density at radius 1 is 1.25 bits per heavy atom. The molecule has 0 saturated carbocycles. The molecule has 0 bridgehead atoms. The summed E-state index contributed by atoms with van der Waals surface area (Å²) in [5.41, 5.74) is 1.33. The number of hydrogen-bond acceptors (Lipinski definition) is 6. The van der Waals surface area contributed by atoms with Gasteiger partial charge in [-0.05, 0) is 42.1 Å². The van der Waals surface area contributed by atoms with Crippen LogP contribution in [0.4, 0.5) is 6.01 Å². The number of benzene rings is 1. The molecule has 3 aromatic rings. The summed E-state index contributed by atoms with van der Waals surface area (Å²) in [6.07, 6.45) is 2.09. The van der Waals surface area contributed by atoms with Gasteiger partial charge in [-0.15, -0.1) is 5.10 Å². The van der Waals surface area contributed by atoms with Crippen LogP contribution in [-0.2, 0) is 0 Å². The molecule has 0 aliphatic carbocycles. The Bertz CT molecular complexity index is 782. The van der Waals surface area contributed by atoms with Crippen molar-refractivity contribution in [3.63, 3.8) is 0 Å². The molecule has 0 saturated heterocycles. The zero-order valence-electron chi connectivity index (χ0n) is 13.2. The molecule has 0 atom stereocenters. The van der Waals surface area contributed by atoms with Crippen molar-refractivity contribution in [1.29, 1.82) is 0 Å². The zero-order chi connectivity index (χ0) is 16.8. The number of unbranched alkanes of at least 4 members (excludes halogenated alkanes) is 1. The second-order valence-electron chi connectivity index (χ2n) is 5.10. The molecule has 3 rings (SSSR count). The number of anilines is 1. The molecule has 2 heterocycles. The maximum atomic E-state index is 12.2. The summed E-state index contributed by atoms with van der Waals surface area (Å²) >= 11 is 1.54. The predicted molar refractivity (Wildman–Crippen MR) is 92.4 cm³/mol. The van der Waals surface area contributed by atoms with Gasteiger partial charge in [0, 0.05) is 16.5 Å². The lowest BCUT2D eigenvalue weighted by Gasteiger charge is -2.06. The first kappa shape index (κ1) is 16.2. The normalized spacial score (nSPS) is 10.5. The van der Waals surface area contributed by atoms with E-state index in [1.54, 1.807) is 24.3 Å². The first-order valence-corrected chi connectivity index (χ1v) is 8.61. The van der Waals surface area contributed by atoms with Crippen LogP contribution < -0.4 is 10.1 Å². The van der Waals surface area contributed by atoms with Crippen molar-refractivity contribution in [3.8, 4) is 17.2 Å². The number of thiophene rings is 1. The molecule has 0 radical (unpaired) electrons. The summed E-state index contributed by atoms with van der Waals surface area (Å²) in [6, 6.07) is 8.90. The fourth-order valence-electron chi connectivity index (χ4n) is 1.98. The van der Waals surface area contributed by atoms with Gasteiger partial charge < -0.3 is 9.15 Å². The summed E-state index contributed by atoms with van der Waals surface area (Å²) in [6.45, 7) is 2.79. The lowest BCUT2D eigenvalue weighted by Crippen LogP contribution is -2.12. The van der Waals surface area contributed by atoms with Crippen LogP contribution in [-0.4, -0.2) is 22.7 Å². The molecule has 0 aliphatic rings. The molecule has 7 heteroatoms. The van der Waals surface area contributed by atoms with Crippen molar-refractivity contribution in [2.24, 2.45) is 0 Å². The van der Waals surface area contributed by atoms with Crippen LogP contribution in [0.25, 0.3) is 11.5 Å². The number of hydrogen-bond donors (Lipinski definition) is 1. The van der Waals surface area contributed by atoms with Gasteiger partial charge in [0.25, 0.3) is 11.8 Å². The van der Waals surface area contributed by atoms with Gasteiger partial charge in [0.05, 0.1) is 6.61 Å². The predicted octanol–water partition coefficient (Wildman–Crippen LogP) is 4.23. The third-order valence-electron chi connectivity index (χ3n) is 3.30. The highest BCUT2D eigenvalue weighted by Crippen LogP contribution is 2.22. The number of nitrogens with zero attached hydrogens (tertiary/aromatic N) is 2. The summed E-state index contributed by atoms with van der Waals surface area (Å²) in [7, 11) is 0. The molecule has 1 amide bonds. The number of amides is 1. The standard InChI is InChI=1S/C17H17N3O3S/c1-2-3-9-22-14-6-4-12(5-7-14)15(21)18-17-20-19-16(23-17)13-8-10-24-11-13/h4-8,10-11H,2-3,9H2,1H3,(H,18,20,21). The fraction of sp³-hybridized carbons (Fsp3) is 0.235. The average Bonchev–Trinajstić information content (AvgIpc) is 3.27. The van der Waals surface area contributed by atoms with Crippen LogP contribution in [0.3, 0.4) is 0 Å². The molecule has 0 fully saturated rings. The Morgan fingerprint density at radius 2 is 2.08 bits per heavy atom. The van der Waals surface area contributed by atoms with Crippen molar-refractivity contribution < 1.29 is 13.9 Å². The fourth-order valence-corrected chi connectivity index (χ4v) is 2.61. The lowest BCUT2D eigenvalue weighted by atomic mass is 10.2. The minimum absolute atomic E-state index is 0.0736. The maximum absolute atomic E-state index is 12.2. The first-order chi connectivity index (χ1) is 11.8. The quantitative estimate of drug-likeness (QED) is 0.650. The van der Waals surface area contributed by atoms with E-state index in [9.17, 15) is 4.79 Å². The van der Waals surface area contributed by atoms with Gasteiger partial charge in [-0.3, -0.25) is 10.1 Å². The largest absolute Gasteiger partial charge is 0.494 e. The minimum atomic E-state index is -0.310. The summed E-state index contributed by atoms with van der Waals surface area (Å²) < 4.78 is 11.0. The van der Waals surface area contributed by atoms with E-state index in [0.717, 1.165) is 24.2 Å². The Kier molecular flexibility index (Phi) is 5.22. The van der Waals surface area contributed by atoms with Crippen LogP contribution in [0.5, 0.6) is 5.75 Å². The van der Waals surface area contributed by atoms with Crippen LogP contribution in [0.2, 0.25) is 0 Å². The summed E-state index contributed by atoms with van der Waals surface area (Å²) in [5, 5.41) is 14.2. The molecular weight excluding hydrogens is 326 g/mol. The van der Waals surface area contributed by atoms with Gasteiger partial charge in [-0.2, -0.15) is 11.3 Å². The molecule has 24 heavy (non-hydrogen) atoms. The molecule has 0 spiro atoms. The van der Waals surface area contributed by atoms with Crippen LogP contribution in [0, 0.1) is 0 Å². The second-order valence-corrected chi connectivity index (χ2v) is 5.88. The number of carbonyl (C=O) groups is 1. The first-order valence-electron chi connectivity index (χ1n) is 7.66. The van der Waals surface area contributed by atoms with E-state index in [0.29, 0.717) is 18.1 Å². The Labute approximate surface area is 143 Å². The topological polar surface area (TPSA) is 77.2 Å². The SMILES string of the molecule is CCCCOc1ccc(C(=O)Nc2nnc(-c3ccsc3)o2)cc1. The van der Waals surface area contributed by atoms with Crippen molar-refractivity contribution in [3.05, 3.63) is 46.7 Å². The van der Waals surface area contributed by atoms with Gasteiger partial charge in [0.15, 0.2) is 0 Å². The second kappa shape index (κ2) is 7.74. The van der Waals surface area contributed by atoms with Crippen molar-refractivity contribution >= 4 is 23.3 Å². The van der Waals surface area contributed by atoms with E-state index in [4.69, 9.17) is 9.15 Å². The molecule has 1 aromatic carbocycles. The third kappa shape index (κ3) is 3.99. The highest BCUT2D eigenvalue weighted by atomic mass is 32.1. The van der Waals surface area contributed by atoms with Gasteiger partial charge in [0.2, 0.25) is 0 Å². The van der Waals surface area contributed by atoms with E-state index in [1.165, 1.54) is 11.3 Å². The van der Waals surface area contributed by atoms with E-state index < -0.39 is 0 Å². The van der Waals surface area contributed by atoms with E-state index >= 15 is 0 Å². The summed E-state index contributed by atoms with van der Waals surface area (Å²) in [5.74, 6) is 0.819. The van der Waals surface area contributed by atoms with Crippen molar-refractivity contribution in [2.75, 3.05) is 11.9 Å². The summed E-state index contributed by atoms with van der Waals surface area (Å²) in [4.78, 5) is 12.2. The maximum Gasteiger partial charge on any atom is 0.322 e. The molecule has 0 unspecified atom stereocenters. The molecular formula is C17H17N3O3S. The molecule has 2 aromatic heterocycles. The molecule has 1 N–H and O–H groups in total. The third-order valence-corrected chi connectivity index (χ3v) is 3.98. The highest BCUT2D eigenvalue weighted by Gasteiger charge is 2.13. The number of nitrogens with one attached hydrogen (secondary N) is 1. The number of aromatic nitrogens is 2. The average molecular weight is 343 g/mol. The van der Waals surface area contributed by atoms with E-state index in [-0.39, 0.29) is 11.9 Å². The Hall–Kier alpha value is -2.67. The van der Waals surface area contributed by atoms with Gasteiger partial charge in [0.1, 0.15) is 5.75 Å². The van der Waals surface area contributed by atoms with Gasteiger partial charge in [-0.25, -0.2) is 0 Å². The molecule has 0 aliphatic heterocycles. The van der Waals surface area contributed by atoms with E-state index in [1.807, 2.05) is 16.8 Å².